The highest BCUT2D eigenvalue weighted by Crippen LogP contribution is 2.39. The van der Waals surface area contributed by atoms with Crippen molar-refractivity contribution in [3.63, 3.8) is 0 Å². The zero-order valence-electron chi connectivity index (χ0n) is 30.6. The maximum Gasteiger partial charge on any atom is 0.416 e. The maximum atomic E-state index is 13.9. The van der Waals surface area contributed by atoms with Crippen LogP contribution in [-0.4, -0.2) is 50.4 Å². The normalized spacial score (nSPS) is 14.7. The molecule has 1 aromatic carbocycles. The van der Waals surface area contributed by atoms with Gasteiger partial charge in [0.2, 0.25) is 5.95 Å². The Labute approximate surface area is 300 Å². The molecular weight excluding hydrogens is 688 g/mol. The molecule has 2 aromatic heterocycles. The third-order valence-corrected chi connectivity index (χ3v) is 8.49. The third-order valence-electron chi connectivity index (χ3n) is 8.49. The van der Waals surface area contributed by atoms with Crippen LogP contribution in [0.3, 0.4) is 0 Å². The Kier molecular flexibility index (Phi) is 12.2. The van der Waals surface area contributed by atoms with Crippen LogP contribution >= 0.6 is 0 Å². The number of benzene rings is 1. The second-order valence-electron chi connectivity index (χ2n) is 14.4. The number of hydrogen-bond acceptors (Lipinski definition) is 8. The van der Waals surface area contributed by atoms with E-state index < -0.39 is 41.5 Å². The summed E-state index contributed by atoms with van der Waals surface area (Å²) in [5.74, 6) is 0.613. The van der Waals surface area contributed by atoms with Gasteiger partial charge in [-0.25, -0.2) is 19.7 Å². The molecule has 2 aliphatic carbocycles. The zero-order valence-corrected chi connectivity index (χ0v) is 30.6. The van der Waals surface area contributed by atoms with Gasteiger partial charge in [-0.2, -0.15) is 26.3 Å². The highest BCUT2D eigenvalue weighted by molar-refractivity contribution is 6.01. The van der Waals surface area contributed by atoms with Crippen molar-refractivity contribution in [3.05, 3.63) is 69.5 Å². The molecule has 2 saturated carbocycles. The van der Waals surface area contributed by atoms with Gasteiger partial charge in [-0.1, -0.05) is 13.8 Å². The standard InChI is InChI=1S/C35H41F6N7O2.C2H6/c1-19(42)27-12-24(30(45-29(27)46-33(3,4)5)47(15-21-6-7-21)16-22-8-9-22)18-48(32-43-14-28(31(49)50)20(2)44-32)17-23-10-25(34(36,37)38)13-26(11-23)35(39,40)41;1-2/h10-14,21-22,42H,6-9,15-18H2,1-5H3,(H,45,46)(H,49,50);1-2H3. The molecule has 0 bridgehead atoms. The van der Waals surface area contributed by atoms with Gasteiger partial charge in [0.05, 0.1) is 22.4 Å². The Morgan fingerprint density at radius 2 is 1.40 bits per heavy atom. The number of nitrogens with one attached hydrogen (secondary N) is 2. The van der Waals surface area contributed by atoms with Crippen LogP contribution in [0.15, 0.2) is 30.5 Å². The van der Waals surface area contributed by atoms with E-state index in [9.17, 15) is 36.2 Å². The lowest BCUT2D eigenvalue weighted by Gasteiger charge is -2.32. The summed E-state index contributed by atoms with van der Waals surface area (Å²) in [6, 6.07) is 3.18. The molecule has 0 aliphatic heterocycles. The van der Waals surface area contributed by atoms with E-state index in [0.29, 0.717) is 46.7 Å². The molecule has 0 atom stereocenters. The molecule has 0 unspecified atom stereocenters. The van der Waals surface area contributed by atoms with Gasteiger partial charge in [0.15, 0.2) is 0 Å². The Morgan fingerprint density at radius 3 is 1.83 bits per heavy atom. The van der Waals surface area contributed by atoms with Crippen LogP contribution in [0, 0.1) is 24.2 Å². The number of aryl methyl sites for hydroxylation is 1. The second kappa shape index (κ2) is 15.7. The maximum absolute atomic E-state index is 13.9. The summed E-state index contributed by atoms with van der Waals surface area (Å²) in [7, 11) is 0. The number of carbonyl (C=O) groups is 1. The molecule has 5 rings (SSSR count). The number of pyridine rings is 1. The summed E-state index contributed by atoms with van der Waals surface area (Å²) >= 11 is 0. The number of halogens is 6. The Morgan fingerprint density at radius 1 is 0.865 bits per heavy atom. The first-order chi connectivity index (χ1) is 24.2. The van der Waals surface area contributed by atoms with E-state index >= 15 is 0 Å². The van der Waals surface area contributed by atoms with E-state index in [0.717, 1.165) is 45.0 Å². The molecule has 52 heavy (non-hydrogen) atoms. The van der Waals surface area contributed by atoms with Crippen molar-refractivity contribution in [2.24, 2.45) is 11.8 Å². The smallest absolute Gasteiger partial charge is 0.416 e. The number of carboxylic acid groups (broad SMARTS) is 1. The van der Waals surface area contributed by atoms with Crippen LogP contribution in [0.4, 0.5) is 43.9 Å². The highest BCUT2D eigenvalue weighted by Gasteiger charge is 2.38. The van der Waals surface area contributed by atoms with Gasteiger partial charge >= 0.3 is 18.3 Å². The minimum absolute atomic E-state index is 0.0655. The molecule has 0 radical (unpaired) electrons. The molecule has 3 N–H and O–H groups in total. The lowest BCUT2D eigenvalue weighted by atomic mass is 10.0. The molecule has 0 amide bonds. The molecule has 15 heteroatoms. The number of alkyl halides is 6. The molecule has 3 aromatic rings. The number of hydrogen-bond donors (Lipinski definition) is 3. The number of aromatic nitrogens is 3. The van der Waals surface area contributed by atoms with E-state index in [1.807, 2.05) is 34.6 Å². The van der Waals surface area contributed by atoms with Crippen molar-refractivity contribution < 1.29 is 36.2 Å². The van der Waals surface area contributed by atoms with Crippen molar-refractivity contribution in [2.45, 2.75) is 105 Å². The first-order valence-corrected chi connectivity index (χ1v) is 17.4. The van der Waals surface area contributed by atoms with Crippen molar-refractivity contribution in [1.29, 1.82) is 5.41 Å². The molecule has 2 fully saturated rings. The summed E-state index contributed by atoms with van der Waals surface area (Å²) in [6.07, 6.45) is -4.78. The van der Waals surface area contributed by atoms with Gasteiger partial charge < -0.3 is 25.6 Å². The quantitative estimate of drug-likeness (QED) is 0.117. The molecule has 2 heterocycles. The predicted molar refractivity (Wildman–Crippen MR) is 189 cm³/mol. The van der Waals surface area contributed by atoms with Crippen molar-refractivity contribution in [1.82, 2.24) is 15.0 Å². The SMILES string of the molecule is CC.CC(=N)c1cc(CN(Cc2cc(C(F)(F)F)cc(C(F)(F)F)c2)c2ncc(C(=O)O)c(C)n2)c(N(CC2CC2)CC2CC2)nc1NC(C)(C)C. The van der Waals surface area contributed by atoms with Gasteiger partial charge in [-0.05, 0) is 102 Å². The summed E-state index contributed by atoms with van der Waals surface area (Å²) in [5, 5.41) is 21.6. The lowest BCUT2D eigenvalue weighted by Crippen LogP contribution is -2.34. The van der Waals surface area contributed by atoms with Gasteiger partial charge in [0, 0.05) is 54.8 Å². The molecule has 0 spiro atoms. The zero-order chi connectivity index (χ0) is 38.8. The van der Waals surface area contributed by atoms with E-state index in [-0.39, 0.29) is 41.1 Å². The van der Waals surface area contributed by atoms with Crippen LogP contribution < -0.4 is 15.1 Å². The average Bonchev–Trinajstić information content (AvgIpc) is 3.97. The number of anilines is 3. The fraction of sp³-hybridized carbons (Fsp3) is 0.541. The monoisotopic (exact) mass is 735 g/mol. The van der Waals surface area contributed by atoms with Crippen LogP contribution in [0.2, 0.25) is 0 Å². The first kappa shape index (κ1) is 40.3. The second-order valence-corrected chi connectivity index (χ2v) is 14.4. The van der Waals surface area contributed by atoms with Gasteiger partial charge in [0.1, 0.15) is 11.6 Å². The first-order valence-electron chi connectivity index (χ1n) is 17.4. The molecule has 0 saturated heterocycles. The van der Waals surface area contributed by atoms with Crippen molar-refractivity contribution >= 4 is 29.3 Å². The van der Waals surface area contributed by atoms with Gasteiger partial charge in [-0.3, -0.25) is 0 Å². The van der Waals surface area contributed by atoms with E-state index in [2.05, 4.69) is 20.2 Å². The minimum atomic E-state index is -5.05. The minimum Gasteiger partial charge on any atom is -0.478 e. The Balaban J connectivity index is 0.00000297. The summed E-state index contributed by atoms with van der Waals surface area (Å²) in [4.78, 5) is 29.0. The molecule has 9 nitrogen and oxygen atoms in total. The predicted octanol–water partition coefficient (Wildman–Crippen LogP) is 9.37. The van der Waals surface area contributed by atoms with Crippen molar-refractivity contribution in [3.8, 4) is 0 Å². The number of carboxylic acids is 1. The Hall–Kier alpha value is -4.43. The van der Waals surface area contributed by atoms with Gasteiger partial charge in [0.25, 0.3) is 0 Å². The summed E-state index contributed by atoms with van der Waals surface area (Å²) < 4.78 is 83.1. The van der Waals surface area contributed by atoms with E-state index in [4.69, 9.17) is 10.4 Å². The molecular formula is C37H47F6N7O2. The fourth-order valence-electron chi connectivity index (χ4n) is 5.69. The van der Waals surface area contributed by atoms with E-state index in [1.54, 1.807) is 13.0 Å². The van der Waals surface area contributed by atoms with Crippen molar-refractivity contribution in [2.75, 3.05) is 28.2 Å². The van der Waals surface area contributed by atoms with Crippen LogP contribution in [0.25, 0.3) is 0 Å². The van der Waals surface area contributed by atoms with Gasteiger partial charge in [-0.15, -0.1) is 0 Å². The molecule has 2 aliphatic rings. The lowest BCUT2D eigenvalue weighted by molar-refractivity contribution is -0.143. The van der Waals surface area contributed by atoms with Crippen LogP contribution in [-0.2, 0) is 25.4 Å². The van der Waals surface area contributed by atoms with Crippen LogP contribution in [0.1, 0.15) is 111 Å². The highest BCUT2D eigenvalue weighted by atomic mass is 19.4. The van der Waals surface area contributed by atoms with E-state index in [1.165, 1.54) is 11.8 Å². The Bertz CT molecular complexity index is 1720. The fourth-order valence-corrected chi connectivity index (χ4v) is 5.69. The number of nitrogens with zero attached hydrogens (tertiary/aromatic N) is 5. The topological polar surface area (TPSA) is 118 Å². The van der Waals surface area contributed by atoms with Crippen LogP contribution in [0.5, 0.6) is 0 Å². The summed E-state index contributed by atoms with van der Waals surface area (Å²) in [5.41, 5.74) is -2.52. The number of rotatable bonds is 13. The number of aromatic carboxylic acids is 1. The average molecular weight is 736 g/mol. The summed E-state index contributed by atoms with van der Waals surface area (Å²) in [6.45, 7) is 13.8. The third kappa shape index (κ3) is 10.8. The molecule has 284 valence electrons. The largest absolute Gasteiger partial charge is 0.478 e.